The fraction of sp³-hybridized carbons (Fsp3) is 1.00. The number of hydrogen-bond donors (Lipinski definition) is 1. The first-order valence-electron chi connectivity index (χ1n) is 7.41. The van der Waals surface area contributed by atoms with Crippen LogP contribution in [0, 0.1) is 5.41 Å². The van der Waals surface area contributed by atoms with Crippen LogP contribution < -0.4 is 5.32 Å². The molecule has 3 nitrogen and oxygen atoms in total. The summed E-state index contributed by atoms with van der Waals surface area (Å²) in [5.74, 6) is 0. The monoisotopic (exact) mass is 296 g/mol. The third kappa shape index (κ3) is 6.90. The average molecular weight is 296 g/mol. The number of alkyl halides is 3. The van der Waals surface area contributed by atoms with E-state index < -0.39 is 12.6 Å². The van der Waals surface area contributed by atoms with Crippen LogP contribution in [0.5, 0.6) is 0 Å². The minimum Gasteiger partial charge on any atom is -0.381 e. The molecule has 0 bridgehead atoms. The first-order valence-corrected chi connectivity index (χ1v) is 7.41. The third-order valence-corrected chi connectivity index (χ3v) is 3.86. The molecule has 1 aliphatic rings. The molecule has 0 aromatic heterocycles. The summed E-state index contributed by atoms with van der Waals surface area (Å²) in [6, 6.07) is 0. The largest absolute Gasteiger partial charge is 0.390 e. The van der Waals surface area contributed by atoms with Crippen molar-refractivity contribution in [3.8, 4) is 0 Å². The molecule has 0 amide bonds. The minimum absolute atomic E-state index is 0.0494. The van der Waals surface area contributed by atoms with Gasteiger partial charge in [-0.05, 0) is 38.3 Å². The summed E-state index contributed by atoms with van der Waals surface area (Å²) in [5.41, 5.74) is 0.0494. The number of rotatable bonds is 8. The Morgan fingerprint density at radius 2 is 1.90 bits per heavy atom. The van der Waals surface area contributed by atoms with Gasteiger partial charge in [0.05, 0.1) is 6.42 Å². The van der Waals surface area contributed by atoms with Crippen molar-refractivity contribution in [1.82, 2.24) is 10.2 Å². The van der Waals surface area contributed by atoms with Gasteiger partial charge in [-0.25, -0.2) is 0 Å². The minimum atomic E-state index is -4.07. The lowest BCUT2D eigenvalue weighted by Gasteiger charge is -2.40. The predicted molar refractivity (Wildman–Crippen MR) is 73.8 cm³/mol. The Kier molecular flexibility index (Phi) is 7.26. The van der Waals surface area contributed by atoms with Gasteiger partial charge in [-0.15, -0.1) is 0 Å². The zero-order valence-corrected chi connectivity index (χ0v) is 12.6. The molecule has 6 heteroatoms. The van der Waals surface area contributed by atoms with Crippen LogP contribution in [-0.2, 0) is 4.74 Å². The van der Waals surface area contributed by atoms with Crippen molar-refractivity contribution in [2.75, 3.05) is 46.4 Å². The van der Waals surface area contributed by atoms with Gasteiger partial charge >= 0.3 is 6.18 Å². The smallest absolute Gasteiger partial charge is 0.381 e. The second-order valence-electron chi connectivity index (χ2n) is 5.89. The molecule has 0 atom stereocenters. The summed E-state index contributed by atoms with van der Waals surface area (Å²) in [7, 11) is 1.78. The molecule has 0 saturated carbocycles. The lowest BCUT2D eigenvalue weighted by molar-refractivity contribution is -0.138. The Hall–Kier alpha value is -0.330. The molecule has 1 fully saturated rings. The molecule has 0 aromatic rings. The van der Waals surface area contributed by atoms with E-state index in [1.54, 1.807) is 7.05 Å². The molecule has 1 aliphatic heterocycles. The third-order valence-electron chi connectivity index (χ3n) is 3.86. The van der Waals surface area contributed by atoms with Gasteiger partial charge in [0.15, 0.2) is 0 Å². The first kappa shape index (κ1) is 17.7. The van der Waals surface area contributed by atoms with Gasteiger partial charge < -0.3 is 15.0 Å². The van der Waals surface area contributed by atoms with E-state index in [1.165, 1.54) is 0 Å². The fourth-order valence-corrected chi connectivity index (χ4v) is 2.69. The van der Waals surface area contributed by atoms with E-state index in [0.717, 1.165) is 32.4 Å². The zero-order chi connectivity index (χ0) is 15.1. The van der Waals surface area contributed by atoms with Crippen LogP contribution >= 0.6 is 0 Å². The van der Waals surface area contributed by atoms with Crippen LogP contribution in [0.15, 0.2) is 0 Å². The van der Waals surface area contributed by atoms with Gasteiger partial charge in [0.2, 0.25) is 0 Å². The van der Waals surface area contributed by atoms with E-state index in [1.807, 2.05) is 4.90 Å². The summed E-state index contributed by atoms with van der Waals surface area (Å²) in [6.07, 6.45) is -1.91. The van der Waals surface area contributed by atoms with Crippen molar-refractivity contribution in [2.45, 2.75) is 38.8 Å². The van der Waals surface area contributed by atoms with Crippen molar-refractivity contribution in [1.29, 1.82) is 0 Å². The van der Waals surface area contributed by atoms with E-state index in [2.05, 4.69) is 12.2 Å². The molecule has 0 aliphatic carbocycles. The van der Waals surface area contributed by atoms with Crippen LogP contribution in [0.2, 0.25) is 0 Å². The zero-order valence-electron chi connectivity index (χ0n) is 12.6. The van der Waals surface area contributed by atoms with Crippen molar-refractivity contribution in [2.24, 2.45) is 5.41 Å². The highest BCUT2D eigenvalue weighted by Crippen LogP contribution is 2.31. The van der Waals surface area contributed by atoms with Crippen molar-refractivity contribution >= 4 is 0 Å². The van der Waals surface area contributed by atoms with E-state index in [4.69, 9.17) is 4.74 Å². The molecule has 0 aromatic carbocycles. The standard InChI is InChI=1S/C14H27F3N2O/c1-3-7-18-11-13(5-9-20-10-6-13)12-19(2)8-4-14(15,16)17/h18H,3-12H2,1-2H3. The molecule has 0 spiro atoms. The van der Waals surface area contributed by atoms with Gasteiger partial charge in [0.25, 0.3) is 0 Å². The lowest BCUT2D eigenvalue weighted by Crippen LogP contribution is -2.47. The van der Waals surface area contributed by atoms with E-state index in [9.17, 15) is 13.2 Å². The van der Waals surface area contributed by atoms with Gasteiger partial charge in [-0.2, -0.15) is 13.2 Å². The Morgan fingerprint density at radius 1 is 1.25 bits per heavy atom. The molecule has 0 unspecified atom stereocenters. The van der Waals surface area contributed by atoms with Gasteiger partial charge in [0.1, 0.15) is 0 Å². The van der Waals surface area contributed by atoms with Crippen molar-refractivity contribution < 1.29 is 17.9 Å². The summed E-state index contributed by atoms with van der Waals surface area (Å²) >= 11 is 0. The molecule has 1 N–H and O–H groups in total. The summed E-state index contributed by atoms with van der Waals surface area (Å²) in [5, 5.41) is 3.42. The van der Waals surface area contributed by atoms with Gasteiger partial charge in [-0.3, -0.25) is 0 Å². The molecular weight excluding hydrogens is 269 g/mol. The normalized spacial score (nSPS) is 19.5. The fourth-order valence-electron chi connectivity index (χ4n) is 2.69. The Balaban J connectivity index is 2.46. The van der Waals surface area contributed by atoms with Crippen LogP contribution in [0.25, 0.3) is 0 Å². The second kappa shape index (κ2) is 8.20. The highest BCUT2D eigenvalue weighted by molar-refractivity contribution is 4.86. The molecule has 1 rings (SSSR count). The summed E-state index contributed by atoms with van der Waals surface area (Å²) < 4.78 is 42.2. The quantitative estimate of drug-likeness (QED) is 0.697. The van der Waals surface area contributed by atoms with Crippen LogP contribution in [0.4, 0.5) is 13.2 Å². The topological polar surface area (TPSA) is 24.5 Å². The average Bonchev–Trinajstić information content (AvgIpc) is 2.37. The Bertz CT molecular complexity index is 266. The molecule has 1 heterocycles. The van der Waals surface area contributed by atoms with Crippen molar-refractivity contribution in [3.05, 3.63) is 0 Å². The van der Waals surface area contributed by atoms with Gasteiger partial charge in [0, 0.05) is 32.8 Å². The van der Waals surface area contributed by atoms with Crippen molar-refractivity contribution in [3.63, 3.8) is 0 Å². The number of nitrogens with one attached hydrogen (secondary N) is 1. The summed E-state index contributed by atoms with van der Waals surface area (Å²) in [6.45, 7) is 6.11. The molecular formula is C14H27F3N2O. The van der Waals surface area contributed by atoms with E-state index in [-0.39, 0.29) is 12.0 Å². The highest BCUT2D eigenvalue weighted by Gasteiger charge is 2.34. The lowest BCUT2D eigenvalue weighted by atomic mass is 9.79. The van der Waals surface area contributed by atoms with Crippen LogP contribution in [-0.4, -0.2) is 57.5 Å². The summed E-state index contributed by atoms with van der Waals surface area (Å²) in [4.78, 5) is 1.81. The van der Waals surface area contributed by atoms with Crippen LogP contribution in [0.3, 0.4) is 0 Å². The van der Waals surface area contributed by atoms with E-state index in [0.29, 0.717) is 19.8 Å². The number of halogens is 3. The first-order chi connectivity index (χ1) is 9.37. The maximum atomic E-state index is 12.3. The number of ether oxygens (including phenoxy) is 1. The maximum Gasteiger partial charge on any atom is 0.390 e. The Labute approximate surface area is 119 Å². The predicted octanol–water partition coefficient (Wildman–Crippen LogP) is 2.67. The maximum absolute atomic E-state index is 12.3. The molecule has 1 saturated heterocycles. The van der Waals surface area contributed by atoms with E-state index >= 15 is 0 Å². The molecule has 20 heavy (non-hydrogen) atoms. The highest BCUT2D eigenvalue weighted by atomic mass is 19.4. The SMILES string of the molecule is CCCNCC1(CN(C)CCC(F)(F)F)CCOCC1. The Morgan fingerprint density at radius 3 is 2.45 bits per heavy atom. The van der Waals surface area contributed by atoms with Crippen LogP contribution in [0.1, 0.15) is 32.6 Å². The number of hydrogen-bond acceptors (Lipinski definition) is 3. The molecule has 120 valence electrons. The second-order valence-corrected chi connectivity index (χ2v) is 5.89. The molecule has 0 radical (unpaired) electrons. The van der Waals surface area contributed by atoms with Gasteiger partial charge in [-0.1, -0.05) is 6.92 Å². The number of nitrogens with zero attached hydrogens (tertiary/aromatic N) is 1.